The van der Waals surface area contributed by atoms with Crippen molar-refractivity contribution in [3.05, 3.63) is 311 Å². The highest BCUT2D eigenvalue weighted by Gasteiger charge is 2.57. The maximum atomic E-state index is 2.46. The van der Waals surface area contributed by atoms with Crippen LogP contribution in [-0.2, 0) is 10.8 Å². The van der Waals surface area contributed by atoms with Crippen molar-refractivity contribution in [3.63, 3.8) is 0 Å². The molecule has 14 rings (SSSR count). The second-order valence-electron chi connectivity index (χ2n) is 18.3. The van der Waals surface area contributed by atoms with E-state index in [0.29, 0.717) is 0 Å². The summed E-state index contributed by atoms with van der Waals surface area (Å²) in [5, 5.41) is 5.08. The molecule has 0 saturated carbocycles. The first-order chi connectivity index (χ1) is 33.8. The number of anilines is 3. The Morgan fingerprint density at radius 1 is 0.309 bits per heavy atom. The fourth-order valence-electron chi connectivity index (χ4n) is 12.5. The van der Waals surface area contributed by atoms with Gasteiger partial charge in [0.05, 0.1) is 21.9 Å². The van der Waals surface area contributed by atoms with Gasteiger partial charge >= 0.3 is 0 Å². The van der Waals surface area contributed by atoms with Crippen molar-refractivity contribution in [1.82, 2.24) is 4.57 Å². The molecule has 0 bridgehead atoms. The van der Waals surface area contributed by atoms with E-state index in [2.05, 4.69) is 276 Å². The SMILES string of the molecule is c1ccc(N(c2ccc(-n3c4ccccc4c4c5ccccc5ccc43)cc2)c2cccc(C3(c4ccccc4)c4ccccc4C4(c5ccccc5)c5ccccc5-c5cccc3c54)c2)cc1. The van der Waals surface area contributed by atoms with Gasteiger partial charge in [-0.05, 0) is 127 Å². The first-order valence-corrected chi connectivity index (χ1v) is 23.7. The second kappa shape index (κ2) is 14.9. The van der Waals surface area contributed by atoms with Crippen LogP contribution in [0.5, 0.6) is 0 Å². The van der Waals surface area contributed by atoms with Gasteiger partial charge in [0, 0.05) is 33.5 Å². The zero-order chi connectivity index (χ0) is 44.8. The van der Waals surface area contributed by atoms with Crippen LogP contribution in [0.2, 0.25) is 0 Å². The highest BCUT2D eigenvalue weighted by atomic mass is 15.1. The van der Waals surface area contributed by atoms with E-state index in [1.807, 2.05) is 0 Å². The zero-order valence-corrected chi connectivity index (χ0v) is 37.3. The average Bonchev–Trinajstić information content (AvgIpc) is 3.92. The van der Waals surface area contributed by atoms with E-state index < -0.39 is 10.8 Å². The van der Waals surface area contributed by atoms with Crippen LogP contribution in [0.3, 0.4) is 0 Å². The minimum absolute atomic E-state index is 0.502. The van der Waals surface area contributed by atoms with Crippen molar-refractivity contribution < 1.29 is 0 Å². The molecule has 0 amide bonds. The summed E-state index contributed by atoms with van der Waals surface area (Å²) >= 11 is 0. The number of hydrogen-bond acceptors (Lipinski definition) is 1. The summed E-state index contributed by atoms with van der Waals surface area (Å²) in [6, 6.07) is 99.3. The predicted molar refractivity (Wildman–Crippen MR) is 282 cm³/mol. The lowest BCUT2D eigenvalue weighted by Gasteiger charge is -2.49. The summed E-state index contributed by atoms with van der Waals surface area (Å²) in [7, 11) is 0. The maximum Gasteiger partial charge on any atom is 0.0720 e. The van der Waals surface area contributed by atoms with Gasteiger partial charge in [-0.3, -0.25) is 0 Å². The van der Waals surface area contributed by atoms with E-state index in [1.165, 1.54) is 88.2 Å². The van der Waals surface area contributed by atoms with Crippen LogP contribution < -0.4 is 4.90 Å². The molecule has 2 nitrogen and oxygen atoms in total. The molecule has 68 heavy (non-hydrogen) atoms. The Balaban J connectivity index is 0.995. The van der Waals surface area contributed by atoms with Crippen LogP contribution >= 0.6 is 0 Å². The number of fused-ring (bicyclic) bond motifs is 10. The molecular weight excluding hydrogens is 821 g/mol. The molecule has 2 aliphatic carbocycles. The molecule has 2 atom stereocenters. The fourth-order valence-corrected chi connectivity index (χ4v) is 12.5. The Kier molecular flexibility index (Phi) is 8.45. The second-order valence-corrected chi connectivity index (χ2v) is 18.3. The van der Waals surface area contributed by atoms with Crippen LogP contribution in [0, 0.1) is 0 Å². The van der Waals surface area contributed by atoms with Crippen LogP contribution in [-0.4, -0.2) is 4.57 Å². The maximum absolute atomic E-state index is 2.46. The minimum Gasteiger partial charge on any atom is -0.310 e. The first kappa shape index (κ1) is 38.5. The Hall–Kier alpha value is -8.72. The van der Waals surface area contributed by atoms with Gasteiger partial charge < -0.3 is 9.47 Å². The zero-order valence-electron chi connectivity index (χ0n) is 37.3. The highest BCUT2D eigenvalue weighted by molar-refractivity contribution is 6.21. The van der Waals surface area contributed by atoms with Crippen LogP contribution in [0.1, 0.15) is 44.5 Å². The molecule has 2 heteroatoms. The van der Waals surface area contributed by atoms with Gasteiger partial charge in [-0.2, -0.15) is 0 Å². The van der Waals surface area contributed by atoms with Gasteiger partial charge in [0.1, 0.15) is 0 Å². The van der Waals surface area contributed by atoms with Crippen LogP contribution in [0.15, 0.2) is 267 Å². The van der Waals surface area contributed by atoms with E-state index in [-0.39, 0.29) is 0 Å². The van der Waals surface area contributed by atoms with Crippen molar-refractivity contribution in [2.45, 2.75) is 10.8 Å². The standard InChI is InChI=1S/C66H44N2/c1-4-21-46(22-5-1)65(58-34-15-16-35-59(58)66(47-23-6-2-7-24-47)57-33-14-12-30-54(57)55-32-19-36-60(65)64(55)66)48-25-18-28-52(44-48)67(49-26-8-3-9-27-49)50-39-41-51(42-40-50)68-61-37-17-13-31-56(61)63-53-29-11-10-20-45(53)38-43-62(63)68/h1-44H. The number of benzene rings is 11. The molecule has 1 heterocycles. The lowest BCUT2D eigenvalue weighted by atomic mass is 9.51. The van der Waals surface area contributed by atoms with Crippen molar-refractivity contribution >= 4 is 49.6 Å². The molecule has 0 aliphatic heterocycles. The lowest BCUT2D eigenvalue weighted by molar-refractivity contribution is 0.627. The monoisotopic (exact) mass is 864 g/mol. The normalized spacial score (nSPS) is 16.6. The molecule has 0 saturated heterocycles. The number of para-hydroxylation sites is 2. The largest absolute Gasteiger partial charge is 0.310 e. The summed E-state index contributed by atoms with van der Waals surface area (Å²) in [6.07, 6.45) is 0. The van der Waals surface area contributed by atoms with E-state index >= 15 is 0 Å². The first-order valence-electron chi connectivity index (χ1n) is 23.7. The van der Waals surface area contributed by atoms with Gasteiger partial charge in [-0.25, -0.2) is 0 Å². The molecule has 0 radical (unpaired) electrons. The van der Waals surface area contributed by atoms with E-state index in [0.717, 1.165) is 22.7 Å². The molecule has 318 valence electrons. The smallest absolute Gasteiger partial charge is 0.0720 e. The quantitative estimate of drug-likeness (QED) is 0.155. The van der Waals surface area contributed by atoms with Gasteiger partial charge in [0.25, 0.3) is 0 Å². The topological polar surface area (TPSA) is 8.17 Å². The Bertz CT molecular complexity index is 3910. The number of hydrogen-bond donors (Lipinski definition) is 0. The molecular formula is C66H44N2. The number of nitrogens with zero attached hydrogens (tertiary/aromatic N) is 2. The third kappa shape index (κ3) is 5.23. The third-order valence-electron chi connectivity index (χ3n) is 15.1. The van der Waals surface area contributed by atoms with Gasteiger partial charge in [0.15, 0.2) is 0 Å². The van der Waals surface area contributed by atoms with Gasteiger partial charge in [0.2, 0.25) is 0 Å². The lowest BCUT2D eigenvalue weighted by Crippen LogP contribution is -2.44. The van der Waals surface area contributed by atoms with Crippen LogP contribution in [0.4, 0.5) is 17.1 Å². The summed E-state index contributed by atoms with van der Waals surface area (Å²) < 4.78 is 2.42. The number of aromatic nitrogens is 1. The predicted octanol–water partition coefficient (Wildman–Crippen LogP) is 16.5. The summed E-state index contributed by atoms with van der Waals surface area (Å²) in [5.41, 5.74) is 18.6. The Morgan fingerprint density at radius 3 is 1.60 bits per heavy atom. The Morgan fingerprint density at radius 2 is 0.838 bits per heavy atom. The summed E-state index contributed by atoms with van der Waals surface area (Å²) in [6.45, 7) is 0. The Labute approximate surface area is 396 Å². The van der Waals surface area contributed by atoms with Crippen molar-refractivity contribution in [3.8, 4) is 16.8 Å². The molecule has 2 aliphatic rings. The third-order valence-corrected chi connectivity index (χ3v) is 15.1. The van der Waals surface area contributed by atoms with E-state index in [9.17, 15) is 0 Å². The summed E-state index contributed by atoms with van der Waals surface area (Å²) in [4.78, 5) is 2.42. The fraction of sp³-hybridized carbons (Fsp3) is 0.0303. The molecule has 12 aromatic rings. The molecule has 0 fully saturated rings. The number of rotatable bonds is 7. The molecule has 0 N–H and O–H groups in total. The molecule has 0 spiro atoms. The average molecular weight is 865 g/mol. The van der Waals surface area contributed by atoms with Crippen LogP contribution in [0.25, 0.3) is 49.4 Å². The molecule has 11 aromatic carbocycles. The highest BCUT2D eigenvalue weighted by Crippen LogP contribution is 2.66. The summed E-state index contributed by atoms with van der Waals surface area (Å²) in [5.74, 6) is 0. The van der Waals surface area contributed by atoms with Crippen molar-refractivity contribution in [2.75, 3.05) is 4.90 Å². The van der Waals surface area contributed by atoms with Crippen molar-refractivity contribution in [1.29, 1.82) is 0 Å². The van der Waals surface area contributed by atoms with Crippen molar-refractivity contribution in [2.24, 2.45) is 0 Å². The van der Waals surface area contributed by atoms with E-state index in [1.54, 1.807) is 0 Å². The van der Waals surface area contributed by atoms with Gasteiger partial charge in [-0.15, -0.1) is 0 Å². The molecule has 2 unspecified atom stereocenters. The molecule has 1 aromatic heterocycles. The van der Waals surface area contributed by atoms with Gasteiger partial charge in [-0.1, -0.05) is 206 Å². The van der Waals surface area contributed by atoms with E-state index in [4.69, 9.17) is 0 Å². The minimum atomic E-state index is -0.660.